The van der Waals surface area contributed by atoms with Crippen molar-refractivity contribution in [3.8, 4) is 5.75 Å². The third kappa shape index (κ3) is 4.70. The first-order valence-corrected chi connectivity index (χ1v) is 6.79. The standard InChI is InChI=1S/C16H15F3N2O2/c1-21(9-12-3-2-11(10-22)8-15(12)20)13-4-6-14(7-5-13)23-16(17,18)19/h2-8,10,12,20H,9H2,1H3. The molecule has 1 N–H and O–H groups in total. The van der Waals surface area contributed by atoms with Gasteiger partial charge in [0.15, 0.2) is 0 Å². The summed E-state index contributed by atoms with van der Waals surface area (Å²) >= 11 is 0. The molecule has 1 unspecified atom stereocenters. The molecule has 0 saturated heterocycles. The summed E-state index contributed by atoms with van der Waals surface area (Å²) in [5.74, 6) is -0.465. The molecule has 122 valence electrons. The Bertz CT molecular complexity index is 648. The number of carbonyl (C=O) groups is 1. The van der Waals surface area contributed by atoms with Crippen LogP contribution in [0.5, 0.6) is 5.75 Å². The van der Waals surface area contributed by atoms with E-state index in [2.05, 4.69) is 4.74 Å². The van der Waals surface area contributed by atoms with Crippen molar-refractivity contribution < 1.29 is 22.7 Å². The molecule has 0 heterocycles. The Balaban J connectivity index is 2.00. The van der Waals surface area contributed by atoms with E-state index in [0.29, 0.717) is 29.8 Å². The SMILES string of the molecule is CN(CC1C=CC(C=O)=CC1=N)c1ccc(OC(F)(F)F)cc1. The second kappa shape index (κ2) is 6.68. The Kier molecular flexibility index (Phi) is 4.88. The van der Waals surface area contributed by atoms with Crippen molar-refractivity contribution in [2.75, 3.05) is 18.5 Å². The van der Waals surface area contributed by atoms with E-state index in [1.54, 1.807) is 19.2 Å². The van der Waals surface area contributed by atoms with E-state index < -0.39 is 6.36 Å². The minimum atomic E-state index is -4.71. The summed E-state index contributed by atoms with van der Waals surface area (Å²) in [5.41, 5.74) is 1.46. The molecule has 0 amide bonds. The molecule has 2 rings (SSSR count). The van der Waals surface area contributed by atoms with E-state index in [0.717, 1.165) is 0 Å². The number of carbonyl (C=O) groups excluding carboxylic acids is 1. The van der Waals surface area contributed by atoms with Crippen LogP contribution in [0.25, 0.3) is 0 Å². The van der Waals surface area contributed by atoms with Gasteiger partial charge in [-0.05, 0) is 30.3 Å². The van der Waals surface area contributed by atoms with Crippen LogP contribution in [0.3, 0.4) is 0 Å². The number of nitrogens with one attached hydrogen (secondary N) is 1. The maximum Gasteiger partial charge on any atom is 0.573 e. The van der Waals surface area contributed by atoms with Gasteiger partial charge in [-0.1, -0.05) is 12.2 Å². The van der Waals surface area contributed by atoms with Crippen molar-refractivity contribution in [2.24, 2.45) is 5.92 Å². The molecule has 1 atom stereocenters. The minimum Gasteiger partial charge on any atom is -0.406 e. The topological polar surface area (TPSA) is 53.4 Å². The predicted molar refractivity (Wildman–Crippen MR) is 80.9 cm³/mol. The number of rotatable bonds is 5. The summed E-state index contributed by atoms with van der Waals surface area (Å²) in [6.45, 7) is 0.470. The molecule has 1 aromatic rings. The third-order valence-corrected chi connectivity index (χ3v) is 3.36. The van der Waals surface area contributed by atoms with Crippen LogP contribution >= 0.6 is 0 Å². The Morgan fingerprint density at radius 2 is 1.96 bits per heavy atom. The van der Waals surface area contributed by atoms with E-state index >= 15 is 0 Å². The monoisotopic (exact) mass is 324 g/mol. The van der Waals surface area contributed by atoms with E-state index in [1.807, 2.05) is 4.90 Å². The Morgan fingerprint density at radius 3 is 2.48 bits per heavy atom. The van der Waals surface area contributed by atoms with Gasteiger partial charge in [-0.3, -0.25) is 4.79 Å². The number of anilines is 1. The first kappa shape index (κ1) is 16.8. The van der Waals surface area contributed by atoms with Crippen molar-refractivity contribution in [3.05, 3.63) is 48.1 Å². The van der Waals surface area contributed by atoms with Crippen LogP contribution in [0.2, 0.25) is 0 Å². The number of ether oxygens (including phenoxy) is 1. The molecule has 23 heavy (non-hydrogen) atoms. The van der Waals surface area contributed by atoms with Crippen LogP contribution in [0, 0.1) is 11.3 Å². The first-order chi connectivity index (χ1) is 10.8. The highest BCUT2D eigenvalue weighted by Gasteiger charge is 2.31. The number of aldehydes is 1. The van der Waals surface area contributed by atoms with E-state index in [-0.39, 0.29) is 11.7 Å². The molecule has 0 aromatic heterocycles. The number of benzene rings is 1. The van der Waals surface area contributed by atoms with Crippen molar-refractivity contribution >= 4 is 17.7 Å². The molecule has 0 aliphatic heterocycles. The molecule has 0 radical (unpaired) electrons. The van der Waals surface area contributed by atoms with Crippen LogP contribution in [-0.4, -0.2) is 32.0 Å². The van der Waals surface area contributed by atoms with E-state index in [1.165, 1.54) is 30.3 Å². The summed E-state index contributed by atoms with van der Waals surface area (Å²) in [6, 6.07) is 5.52. The second-order valence-electron chi connectivity index (χ2n) is 5.11. The molecule has 7 heteroatoms. The number of halogens is 3. The van der Waals surface area contributed by atoms with Gasteiger partial charge in [-0.15, -0.1) is 13.2 Å². The molecule has 0 bridgehead atoms. The third-order valence-electron chi connectivity index (χ3n) is 3.36. The van der Waals surface area contributed by atoms with Crippen LogP contribution in [-0.2, 0) is 4.79 Å². The molecule has 1 aromatic carbocycles. The van der Waals surface area contributed by atoms with Gasteiger partial charge in [-0.25, -0.2) is 0 Å². The van der Waals surface area contributed by atoms with Gasteiger partial charge in [0, 0.05) is 36.5 Å². The summed E-state index contributed by atoms with van der Waals surface area (Å²) in [7, 11) is 1.78. The molecular formula is C16H15F3N2O2. The van der Waals surface area contributed by atoms with Gasteiger partial charge in [-0.2, -0.15) is 0 Å². The van der Waals surface area contributed by atoms with Gasteiger partial charge >= 0.3 is 6.36 Å². The van der Waals surface area contributed by atoms with Crippen LogP contribution in [0.15, 0.2) is 48.1 Å². The summed E-state index contributed by atoms with van der Waals surface area (Å²) in [5, 5.41) is 7.91. The van der Waals surface area contributed by atoms with Gasteiger partial charge in [0.25, 0.3) is 0 Å². The Morgan fingerprint density at radius 1 is 1.30 bits per heavy atom. The normalized spacial score (nSPS) is 17.7. The molecule has 0 fully saturated rings. The van der Waals surface area contributed by atoms with Gasteiger partial charge in [0.2, 0.25) is 0 Å². The Hall–Kier alpha value is -2.57. The van der Waals surface area contributed by atoms with E-state index in [9.17, 15) is 18.0 Å². The van der Waals surface area contributed by atoms with Gasteiger partial charge in [0.05, 0.1) is 0 Å². The zero-order chi connectivity index (χ0) is 17.0. The second-order valence-corrected chi connectivity index (χ2v) is 5.11. The van der Waals surface area contributed by atoms with Crippen molar-refractivity contribution in [2.45, 2.75) is 6.36 Å². The van der Waals surface area contributed by atoms with Crippen molar-refractivity contribution in [1.29, 1.82) is 5.41 Å². The number of allylic oxidation sites excluding steroid dienone is 3. The highest BCUT2D eigenvalue weighted by Crippen LogP contribution is 2.25. The number of hydrogen-bond donors (Lipinski definition) is 1. The molecular weight excluding hydrogens is 309 g/mol. The lowest BCUT2D eigenvalue weighted by Gasteiger charge is -2.25. The number of nitrogens with zero attached hydrogens (tertiary/aromatic N) is 1. The van der Waals surface area contributed by atoms with E-state index in [4.69, 9.17) is 5.41 Å². The summed E-state index contributed by atoms with van der Waals surface area (Å²) in [6.07, 6.45) is 0.904. The average molecular weight is 324 g/mol. The fourth-order valence-electron chi connectivity index (χ4n) is 2.20. The largest absolute Gasteiger partial charge is 0.573 e. The van der Waals surface area contributed by atoms with Crippen LogP contribution in [0.4, 0.5) is 18.9 Å². The first-order valence-electron chi connectivity index (χ1n) is 6.79. The molecule has 0 spiro atoms. The summed E-state index contributed by atoms with van der Waals surface area (Å²) in [4.78, 5) is 12.5. The quantitative estimate of drug-likeness (QED) is 0.845. The molecule has 0 saturated carbocycles. The van der Waals surface area contributed by atoms with Gasteiger partial charge < -0.3 is 15.0 Å². The van der Waals surface area contributed by atoms with Crippen molar-refractivity contribution in [3.63, 3.8) is 0 Å². The zero-order valence-electron chi connectivity index (χ0n) is 12.3. The van der Waals surface area contributed by atoms with Gasteiger partial charge in [0.1, 0.15) is 12.0 Å². The molecule has 4 nitrogen and oxygen atoms in total. The maximum absolute atomic E-state index is 12.1. The van der Waals surface area contributed by atoms with Crippen LogP contribution in [0.1, 0.15) is 0 Å². The lowest BCUT2D eigenvalue weighted by Crippen LogP contribution is -2.29. The molecule has 1 aliphatic carbocycles. The number of alkyl halides is 3. The molecule has 1 aliphatic rings. The zero-order valence-corrected chi connectivity index (χ0v) is 12.3. The lowest BCUT2D eigenvalue weighted by atomic mass is 9.94. The highest BCUT2D eigenvalue weighted by molar-refractivity contribution is 6.02. The predicted octanol–water partition coefficient (Wildman–Crippen LogP) is 3.35. The fourth-order valence-corrected chi connectivity index (χ4v) is 2.20. The summed E-state index contributed by atoms with van der Waals surface area (Å²) < 4.78 is 40.2. The fraction of sp³-hybridized carbons (Fsp3) is 0.250. The maximum atomic E-state index is 12.1. The van der Waals surface area contributed by atoms with Crippen molar-refractivity contribution in [1.82, 2.24) is 0 Å². The highest BCUT2D eigenvalue weighted by atomic mass is 19.4. The lowest BCUT2D eigenvalue weighted by molar-refractivity contribution is -0.274. The minimum absolute atomic E-state index is 0.185. The van der Waals surface area contributed by atoms with Crippen LogP contribution < -0.4 is 9.64 Å². The average Bonchev–Trinajstić information content (AvgIpc) is 2.48. The Labute approximate surface area is 131 Å². The number of hydrogen-bond acceptors (Lipinski definition) is 4. The smallest absolute Gasteiger partial charge is 0.406 e.